The number of ether oxygens (including phenoxy) is 1. The van der Waals surface area contributed by atoms with Gasteiger partial charge in [-0.1, -0.05) is 18.2 Å². The molecule has 0 bridgehead atoms. The van der Waals surface area contributed by atoms with Gasteiger partial charge in [0, 0.05) is 31.7 Å². The molecule has 1 aliphatic rings. The predicted octanol–water partition coefficient (Wildman–Crippen LogP) is 1.97. The maximum absolute atomic E-state index is 12.9. The molecule has 0 aliphatic carbocycles. The Balaban J connectivity index is 1.44. The monoisotopic (exact) mass is 420 g/mol. The number of aromatic nitrogens is 4. The topological polar surface area (TPSA) is 93.5 Å². The standard InChI is InChI=1S/C22H24N6O3/c1-15-6-4-7-17(12-15)28-14-23-20(25-28)22(30)26-10-11-27(16(2)13-26)21(29)18-8-5-9-19(24-18)31-3/h4-9,12,14,16H,10-11,13H2,1-3H3/t16-/m1/s1. The summed E-state index contributed by atoms with van der Waals surface area (Å²) < 4.78 is 6.70. The van der Waals surface area contributed by atoms with Crippen LogP contribution in [-0.4, -0.2) is 74.1 Å². The molecule has 0 radical (unpaired) electrons. The molecule has 3 heterocycles. The highest BCUT2D eigenvalue weighted by Crippen LogP contribution is 2.17. The summed E-state index contributed by atoms with van der Waals surface area (Å²) in [5.41, 5.74) is 2.27. The van der Waals surface area contributed by atoms with Crippen LogP contribution < -0.4 is 4.74 Å². The molecule has 0 N–H and O–H groups in total. The van der Waals surface area contributed by atoms with E-state index in [9.17, 15) is 9.59 Å². The van der Waals surface area contributed by atoms with Crippen molar-refractivity contribution in [3.05, 3.63) is 65.9 Å². The molecule has 0 spiro atoms. The fraction of sp³-hybridized carbons (Fsp3) is 0.318. The number of methoxy groups -OCH3 is 1. The van der Waals surface area contributed by atoms with Gasteiger partial charge in [-0.05, 0) is 37.6 Å². The van der Waals surface area contributed by atoms with Crippen LogP contribution in [0.5, 0.6) is 5.88 Å². The molecule has 2 amide bonds. The van der Waals surface area contributed by atoms with E-state index >= 15 is 0 Å². The van der Waals surface area contributed by atoms with Gasteiger partial charge in [-0.2, -0.15) is 0 Å². The number of pyridine rings is 1. The lowest BCUT2D eigenvalue weighted by atomic mass is 10.1. The number of benzene rings is 1. The van der Waals surface area contributed by atoms with Gasteiger partial charge < -0.3 is 14.5 Å². The third kappa shape index (κ3) is 4.25. The van der Waals surface area contributed by atoms with Gasteiger partial charge in [-0.25, -0.2) is 14.6 Å². The number of hydrogen-bond donors (Lipinski definition) is 0. The van der Waals surface area contributed by atoms with Crippen molar-refractivity contribution in [2.75, 3.05) is 26.7 Å². The molecular formula is C22H24N6O3. The van der Waals surface area contributed by atoms with Gasteiger partial charge in [0.25, 0.3) is 11.8 Å². The van der Waals surface area contributed by atoms with Crippen molar-refractivity contribution in [3.63, 3.8) is 0 Å². The first kappa shape index (κ1) is 20.5. The summed E-state index contributed by atoms with van der Waals surface area (Å²) in [6, 6.07) is 12.7. The molecule has 9 nitrogen and oxygen atoms in total. The zero-order valence-electron chi connectivity index (χ0n) is 17.7. The van der Waals surface area contributed by atoms with E-state index in [4.69, 9.17) is 4.74 Å². The van der Waals surface area contributed by atoms with Crippen molar-refractivity contribution in [2.45, 2.75) is 19.9 Å². The van der Waals surface area contributed by atoms with Crippen LogP contribution in [0.4, 0.5) is 0 Å². The average molecular weight is 420 g/mol. The number of carbonyl (C=O) groups is 2. The predicted molar refractivity (Wildman–Crippen MR) is 113 cm³/mol. The van der Waals surface area contributed by atoms with Crippen molar-refractivity contribution in [1.29, 1.82) is 0 Å². The van der Waals surface area contributed by atoms with Crippen molar-refractivity contribution in [3.8, 4) is 11.6 Å². The van der Waals surface area contributed by atoms with E-state index in [1.54, 1.807) is 39.0 Å². The van der Waals surface area contributed by atoms with Crippen molar-refractivity contribution in [1.82, 2.24) is 29.5 Å². The molecule has 160 valence electrons. The Morgan fingerprint density at radius 1 is 1.10 bits per heavy atom. The summed E-state index contributed by atoms with van der Waals surface area (Å²) in [5, 5.41) is 4.35. The van der Waals surface area contributed by atoms with Gasteiger partial charge in [-0.3, -0.25) is 9.59 Å². The van der Waals surface area contributed by atoms with E-state index in [1.165, 1.54) is 7.11 Å². The fourth-order valence-electron chi connectivity index (χ4n) is 3.64. The maximum atomic E-state index is 12.9. The van der Waals surface area contributed by atoms with Gasteiger partial charge in [0.2, 0.25) is 11.7 Å². The summed E-state index contributed by atoms with van der Waals surface area (Å²) in [5.74, 6) is 0.107. The molecule has 1 fully saturated rings. The fourth-order valence-corrected chi connectivity index (χ4v) is 3.64. The Kier molecular flexibility index (Phi) is 5.66. The second-order valence-electron chi connectivity index (χ2n) is 7.52. The molecule has 4 rings (SSSR count). The van der Waals surface area contributed by atoms with E-state index in [-0.39, 0.29) is 23.7 Å². The second kappa shape index (κ2) is 8.55. The lowest BCUT2D eigenvalue weighted by Gasteiger charge is -2.39. The van der Waals surface area contributed by atoms with E-state index in [2.05, 4.69) is 15.1 Å². The Hall–Kier alpha value is -3.75. The molecular weight excluding hydrogens is 396 g/mol. The van der Waals surface area contributed by atoms with Crippen molar-refractivity contribution < 1.29 is 14.3 Å². The summed E-state index contributed by atoms with van der Waals surface area (Å²) in [6.45, 7) is 5.11. The Morgan fingerprint density at radius 2 is 1.90 bits per heavy atom. The zero-order chi connectivity index (χ0) is 22.0. The number of hydrogen-bond acceptors (Lipinski definition) is 6. The summed E-state index contributed by atoms with van der Waals surface area (Å²) >= 11 is 0. The molecule has 1 atom stereocenters. The minimum atomic E-state index is -0.246. The third-order valence-electron chi connectivity index (χ3n) is 5.28. The molecule has 9 heteroatoms. The molecule has 1 aliphatic heterocycles. The number of nitrogens with zero attached hydrogens (tertiary/aromatic N) is 6. The van der Waals surface area contributed by atoms with Crippen LogP contribution in [0.15, 0.2) is 48.8 Å². The largest absolute Gasteiger partial charge is 0.481 e. The number of piperazine rings is 1. The first-order valence-corrected chi connectivity index (χ1v) is 10.1. The smallest absolute Gasteiger partial charge is 0.293 e. The van der Waals surface area contributed by atoms with Crippen LogP contribution in [0.25, 0.3) is 5.69 Å². The summed E-state index contributed by atoms with van der Waals surface area (Å²) in [7, 11) is 1.51. The molecule has 3 aromatic rings. The van der Waals surface area contributed by atoms with E-state index in [1.807, 2.05) is 38.1 Å². The van der Waals surface area contributed by atoms with Crippen LogP contribution in [0.2, 0.25) is 0 Å². The summed E-state index contributed by atoms with van der Waals surface area (Å²) in [6.07, 6.45) is 1.54. The number of aryl methyl sites for hydroxylation is 1. The van der Waals surface area contributed by atoms with Crippen LogP contribution in [0.3, 0.4) is 0 Å². The third-order valence-corrected chi connectivity index (χ3v) is 5.28. The Labute approximate surface area is 180 Å². The lowest BCUT2D eigenvalue weighted by molar-refractivity contribution is 0.0404. The lowest BCUT2D eigenvalue weighted by Crippen LogP contribution is -2.55. The quantitative estimate of drug-likeness (QED) is 0.641. The Bertz CT molecular complexity index is 1110. The molecule has 31 heavy (non-hydrogen) atoms. The van der Waals surface area contributed by atoms with Crippen LogP contribution in [0, 0.1) is 6.92 Å². The van der Waals surface area contributed by atoms with Crippen LogP contribution >= 0.6 is 0 Å². The SMILES string of the molecule is COc1cccc(C(=O)N2CCN(C(=O)c3ncn(-c4cccc(C)c4)n3)C[C@H]2C)n1. The van der Waals surface area contributed by atoms with Gasteiger partial charge >= 0.3 is 0 Å². The molecule has 0 unspecified atom stereocenters. The van der Waals surface area contributed by atoms with Crippen molar-refractivity contribution in [2.24, 2.45) is 0 Å². The highest BCUT2D eigenvalue weighted by molar-refractivity contribution is 5.93. The zero-order valence-corrected chi connectivity index (χ0v) is 17.7. The molecule has 0 saturated carbocycles. The van der Waals surface area contributed by atoms with Gasteiger partial charge in [-0.15, -0.1) is 5.10 Å². The normalized spacial score (nSPS) is 16.3. The van der Waals surface area contributed by atoms with Crippen molar-refractivity contribution >= 4 is 11.8 Å². The van der Waals surface area contributed by atoms with Gasteiger partial charge in [0.15, 0.2) is 0 Å². The maximum Gasteiger partial charge on any atom is 0.293 e. The van der Waals surface area contributed by atoms with E-state index in [0.29, 0.717) is 31.2 Å². The first-order valence-electron chi connectivity index (χ1n) is 10.1. The van der Waals surface area contributed by atoms with Gasteiger partial charge in [0.05, 0.1) is 12.8 Å². The van der Waals surface area contributed by atoms with Crippen LogP contribution in [0.1, 0.15) is 33.6 Å². The Morgan fingerprint density at radius 3 is 2.65 bits per heavy atom. The molecule has 1 aromatic carbocycles. The molecule has 2 aromatic heterocycles. The summed E-state index contributed by atoms with van der Waals surface area (Å²) in [4.78, 5) is 37.7. The first-order chi connectivity index (χ1) is 15.0. The highest BCUT2D eigenvalue weighted by atomic mass is 16.5. The van der Waals surface area contributed by atoms with Crippen LogP contribution in [-0.2, 0) is 0 Å². The second-order valence-corrected chi connectivity index (χ2v) is 7.52. The van der Waals surface area contributed by atoms with Gasteiger partial charge in [0.1, 0.15) is 12.0 Å². The minimum absolute atomic E-state index is 0.142. The molecule has 1 saturated heterocycles. The average Bonchev–Trinajstić information content (AvgIpc) is 3.28. The number of amides is 2. The van der Waals surface area contributed by atoms with E-state index < -0.39 is 0 Å². The van der Waals surface area contributed by atoms with E-state index in [0.717, 1.165) is 11.3 Å². The number of carbonyl (C=O) groups excluding carboxylic acids is 2. The highest BCUT2D eigenvalue weighted by Gasteiger charge is 2.32. The minimum Gasteiger partial charge on any atom is -0.481 e. The number of rotatable bonds is 4.